The number of nitrogens with zero attached hydrogens (tertiary/aromatic N) is 1. The van der Waals surface area contributed by atoms with Crippen molar-refractivity contribution in [2.75, 3.05) is 14.2 Å². The standard InChI is InChI=1S/C22H18BrNO2/c1-14-9-15(13-24)10-18(22(14)23)8-7-17-11-19-16(12-21(17)26-3)5-4-6-20(19)25-2/h4-12H,1-3H3/b8-7-. The highest BCUT2D eigenvalue weighted by Crippen LogP contribution is 2.33. The van der Waals surface area contributed by atoms with E-state index in [0.717, 1.165) is 43.4 Å². The minimum Gasteiger partial charge on any atom is -0.496 e. The number of hydrogen-bond donors (Lipinski definition) is 0. The van der Waals surface area contributed by atoms with E-state index in [1.54, 1.807) is 14.2 Å². The van der Waals surface area contributed by atoms with Crippen molar-refractivity contribution >= 4 is 38.9 Å². The maximum atomic E-state index is 9.20. The molecule has 0 unspecified atom stereocenters. The van der Waals surface area contributed by atoms with Crippen LogP contribution in [0.3, 0.4) is 0 Å². The first-order valence-corrected chi connectivity index (χ1v) is 8.89. The molecule has 0 atom stereocenters. The number of halogens is 1. The van der Waals surface area contributed by atoms with Gasteiger partial charge in [-0.25, -0.2) is 0 Å². The molecule has 0 amide bonds. The molecule has 0 fully saturated rings. The van der Waals surface area contributed by atoms with Gasteiger partial charge in [-0.3, -0.25) is 0 Å². The Balaban J connectivity index is 2.12. The summed E-state index contributed by atoms with van der Waals surface area (Å²) >= 11 is 3.60. The zero-order valence-corrected chi connectivity index (χ0v) is 16.4. The fourth-order valence-corrected chi connectivity index (χ4v) is 3.30. The van der Waals surface area contributed by atoms with Gasteiger partial charge in [0.2, 0.25) is 0 Å². The first-order chi connectivity index (χ1) is 12.6. The number of nitriles is 1. The number of benzene rings is 3. The van der Waals surface area contributed by atoms with Crippen molar-refractivity contribution in [3.8, 4) is 17.6 Å². The fraction of sp³-hybridized carbons (Fsp3) is 0.136. The Kier molecular flexibility index (Phi) is 5.29. The van der Waals surface area contributed by atoms with Crippen LogP contribution < -0.4 is 9.47 Å². The first kappa shape index (κ1) is 18.0. The zero-order valence-electron chi connectivity index (χ0n) is 14.8. The van der Waals surface area contributed by atoms with Gasteiger partial charge in [-0.2, -0.15) is 5.26 Å². The molecule has 0 aliphatic heterocycles. The minimum atomic E-state index is 0.637. The predicted molar refractivity (Wildman–Crippen MR) is 110 cm³/mol. The molecule has 0 aromatic heterocycles. The van der Waals surface area contributed by atoms with Crippen molar-refractivity contribution in [1.82, 2.24) is 0 Å². The Morgan fingerprint density at radius 2 is 1.69 bits per heavy atom. The first-order valence-electron chi connectivity index (χ1n) is 8.10. The van der Waals surface area contributed by atoms with Gasteiger partial charge in [-0.1, -0.05) is 24.3 Å². The molecule has 0 aliphatic carbocycles. The van der Waals surface area contributed by atoms with Crippen LogP contribution in [-0.2, 0) is 0 Å². The summed E-state index contributed by atoms with van der Waals surface area (Å²) in [5.41, 5.74) is 3.55. The van der Waals surface area contributed by atoms with E-state index < -0.39 is 0 Å². The molecule has 3 aromatic rings. The summed E-state index contributed by atoms with van der Waals surface area (Å²) in [6, 6.07) is 15.9. The van der Waals surface area contributed by atoms with Crippen LogP contribution in [0.15, 0.2) is 46.9 Å². The molecule has 4 heteroatoms. The quantitative estimate of drug-likeness (QED) is 0.500. The maximum Gasteiger partial charge on any atom is 0.126 e. The lowest BCUT2D eigenvalue weighted by atomic mass is 10.0. The van der Waals surface area contributed by atoms with Crippen LogP contribution in [0.25, 0.3) is 22.9 Å². The zero-order chi connectivity index (χ0) is 18.7. The number of methoxy groups -OCH3 is 2. The molecule has 0 saturated heterocycles. The third kappa shape index (κ3) is 3.44. The van der Waals surface area contributed by atoms with Crippen molar-refractivity contribution in [2.45, 2.75) is 6.92 Å². The van der Waals surface area contributed by atoms with E-state index in [1.807, 2.05) is 55.5 Å². The van der Waals surface area contributed by atoms with E-state index in [9.17, 15) is 5.26 Å². The third-order valence-corrected chi connectivity index (χ3v) is 5.35. The second-order valence-electron chi connectivity index (χ2n) is 5.92. The van der Waals surface area contributed by atoms with Crippen molar-refractivity contribution < 1.29 is 9.47 Å². The molecule has 0 heterocycles. The van der Waals surface area contributed by atoms with Gasteiger partial charge < -0.3 is 9.47 Å². The van der Waals surface area contributed by atoms with Crippen LogP contribution in [0.4, 0.5) is 0 Å². The van der Waals surface area contributed by atoms with Crippen LogP contribution in [0, 0.1) is 18.3 Å². The SMILES string of the molecule is COc1cc2cccc(OC)c2cc1/C=C\c1cc(C#N)cc(C)c1Br. The summed E-state index contributed by atoms with van der Waals surface area (Å²) in [5, 5.41) is 11.3. The Labute approximate surface area is 161 Å². The van der Waals surface area contributed by atoms with Crippen LogP contribution >= 0.6 is 15.9 Å². The average Bonchev–Trinajstić information content (AvgIpc) is 2.67. The monoisotopic (exact) mass is 407 g/mol. The molecule has 0 radical (unpaired) electrons. The molecule has 0 aliphatic rings. The number of ether oxygens (including phenoxy) is 2. The van der Waals surface area contributed by atoms with Crippen LogP contribution in [0.5, 0.6) is 11.5 Å². The molecule has 0 bridgehead atoms. The van der Waals surface area contributed by atoms with Gasteiger partial charge >= 0.3 is 0 Å². The highest BCUT2D eigenvalue weighted by Gasteiger charge is 2.08. The normalized spacial score (nSPS) is 10.9. The van der Waals surface area contributed by atoms with E-state index in [4.69, 9.17) is 9.47 Å². The summed E-state index contributed by atoms with van der Waals surface area (Å²) < 4.78 is 12.0. The van der Waals surface area contributed by atoms with Gasteiger partial charge in [0.1, 0.15) is 11.5 Å². The lowest BCUT2D eigenvalue weighted by molar-refractivity contribution is 0.413. The summed E-state index contributed by atoms with van der Waals surface area (Å²) in [4.78, 5) is 0. The van der Waals surface area contributed by atoms with Gasteiger partial charge in [0, 0.05) is 15.4 Å². The molecular weight excluding hydrogens is 390 g/mol. The van der Waals surface area contributed by atoms with Crippen LogP contribution in [-0.4, -0.2) is 14.2 Å². The number of hydrogen-bond acceptors (Lipinski definition) is 3. The number of aryl methyl sites for hydroxylation is 1. The number of fused-ring (bicyclic) bond motifs is 1. The smallest absolute Gasteiger partial charge is 0.126 e. The van der Waals surface area contributed by atoms with Gasteiger partial charge in [-0.05, 0) is 69.7 Å². The third-order valence-electron chi connectivity index (χ3n) is 4.26. The number of rotatable bonds is 4. The molecule has 0 spiro atoms. The lowest BCUT2D eigenvalue weighted by Gasteiger charge is -2.11. The minimum absolute atomic E-state index is 0.637. The Morgan fingerprint density at radius 1 is 0.962 bits per heavy atom. The van der Waals surface area contributed by atoms with Gasteiger partial charge in [0.25, 0.3) is 0 Å². The van der Waals surface area contributed by atoms with Crippen molar-refractivity contribution in [3.63, 3.8) is 0 Å². The topological polar surface area (TPSA) is 42.2 Å². The molecule has 130 valence electrons. The second kappa shape index (κ2) is 7.63. The van der Waals surface area contributed by atoms with Gasteiger partial charge in [0.15, 0.2) is 0 Å². The van der Waals surface area contributed by atoms with E-state index in [0.29, 0.717) is 5.56 Å². The fourth-order valence-electron chi connectivity index (χ4n) is 2.94. The summed E-state index contributed by atoms with van der Waals surface area (Å²) in [5.74, 6) is 1.61. The van der Waals surface area contributed by atoms with Crippen LogP contribution in [0.1, 0.15) is 22.3 Å². The molecule has 0 saturated carbocycles. The van der Waals surface area contributed by atoms with Crippen LogP contribution in [0.2, 0.25) is 0 Å². The predicted octanol–water partition coefficient (Wildman–Crippen LogP) is 5.97. The summed E-state index contributed by atoms with van der Waals surface area (Å²) in [6.07, 6.45) is 3.97. The molecule has 3 nitrogen and oxygen atoms in total. The van der Waals surface area contributed by atoms with Gasteiger partial charge in [-0.15, -0.1) is 0 Å². The van der Waals surface area contributed by atoms with Crippen molar-refractivity contribution in [2.24, 2.45) is 0 Å². The molecule has 0 N–H and O–H groups in total. The largest absolute Gasteiger partial charge is 0.496 e. The summed E-state index contributed by atoms with van der Waals surface area (Å²) in [6.45, 7) is 1.98. The molecule has 3 rings (SSSR count). The van der Waals surface area contributed by atoms with Gasteiger partial charge in [0.05, 0.1) is 25.9 Å². The maximum absolute atomic E-state index is 9.20. The highest BCUT2D eigenvalue weighted by molar-refractivity contribution is 9.10. The second-order valence-corrected chi connectivity index (χ2v) is 6.71. The van der Waals surface area contributed by atoms with E-state index in [-0.39, 0.29) is 0 Å². The van der Waals surface area contributed by atoms with E-state index in [1.165, 1.54) is 0 Å². The van der Waals surface area contributed by atoms with E-state index in [2.05, 4.69) is 28.1 Å². The highest BCUT2D eigenvalue weighted by atomic mass is 79.9. The Bertz CT molecular complexity index is 1050. The summed E-state index contributed by atoms with van der Waals surface area (Å²) in [7, 11) is 3.33. The van der Waals surface area contributed by atoms with Crippen molar-refractivity contribution in [1.29, 1.82) is 5.26 Å². The Hall–Kier alpha value is -2.77. The molecular formula is C22H18BrNO2. The average molecular weight is 408 g/mol. The lowest BCUT2D eigenvalue weighted by Crippen LogP contribution is -1.90. The van der Waals surface area contributed by atoms with E-state index >= 15 is 0 Å². The molecule has 26 heavy (non-hydrogen) atoms. The van der Waals surface area contributed by atoms with Crippen molar-refractivity contribution in [3.05, 3.63) is 69.2 Å². The Morgan fingerprint density at radius 3 is 2.38 bits per heavy atom. The molecule has 3 aromatic carbocycles.